The van der Waals surface area contributed by atoms with Crippen molar-refractivity contribution in [1.29, 1.82) is 0 Å². The summed E-state index contributed by atoms with van der Waals surface area (Å²) in [5.41, 5.74) is 0.173. The molecule has 5 heteroatoms. The van der Waals surface area contributed by atoms with Crippen LogP contribution in [-0.4, -0.2) is 46.7 Å². The van der Waals surface area contributed by atoms with Crippen LogP contribution < -0.4 is 5.32 Å². The number of carbonyl (C=O) groups excluding carboxylic acids is 1. The maximum absolute atomic E-state index is 12.5. The van der Waals surface area contributed by atoms with E-state index in [9.17, 15) is 15.0 Å². The zero-order valence-corrected chi connectivity index (χ0v) is 12.7. The van der Waals surface area contributed by atoms with E-state index < -0.39 is 0 Å². The second-order valence-electron chi connectivity index (χ2n) is 5.57. The Kier molecular flexibility index (Phi) is 5.07. The largest absolute Gasteiger partial charge is 0.508 e. The lowest BCUT2D eigenvalue weighted by Crippen LogP contribution is -2.50. The summed E-state index contributed by atoms with van der Waals surface area (Å²) in [6.07, 6.45) is 1.92. The van der Waals surface area contributed by atoms with Crippen LogP contribution in [0.5, 0.6) is 11.5 Å². The van der Waals surface area contributed by atoms with Crippen molar-refractivity contribution in [3.8, 4) is 11.5 Å². The average molecular weight is 292 g/mol. The molecule has 2 rings (SSSR count). The third-order valence-electron chi connectivity index (χ3n) is 4.22. The molecule has 0 aromatic heterocycles. The molecule has 2 unspecified atom stereocenters. The highest BCUT2D eigenvalue weighted by molar-refractivity contribution is 5.97. The molecule has 1 aromatic rings. The second kappa shape index (κ2) is 6.80. The van der Waals surface area contributed by atoms with Gasteiger partial charge in [-0.25, -0.2) is 0 Å². The predicted octanol–water partition coefficient (Wildman–Crippen LogP) is 1.95. The van der Waals surface area contributed by atoms with E-state index in [1.54, 1.807) is 4.90 Å². The monoisotopic (exact) mass is 292 g/mol. The summed E-state index contributed by atoms with van der Waals surface area (Å²) < 4.78 is 0. The highest BCUT2D eigenvalue weighted by atomic mass is 16.3. The number of nitrogens with zero attached hydrogens (tertiary/aromatic N) is 1. The maximum Gasteiger partial charge on any atom is 0.257 e. The van der Waals surface area contributed by atoms with Crippen LogP contribution in [0.3, 0.4) is 0 Å². The topological polar surface area (TPSA) is 72.8 Å². The number of benzene rings is 1. The number of phenols is 2. The van der Waals surface area contributed by atoms with Gasteiger partial charge in [-0.3, -0.25) is 4.79 Å². The normalized spacial score (nSPS) is 22.3. The minimum absolute atomic E-state index is 0.00859. The van der Waals surface area contributed by atoms with E-state index in [0.717, 1.165) is 19.4 Å². The van der Waals surface area contributed by atoms with Gasteiger partial charge >= 0.3 is 0 Å². The average Bonchev–Trinajstić information content (AvgIpc) is 2.49. The van der Waals surface area contributed by atoms with Gasteiger partial charge in [0, 0.05) is 19.1 Å². The van der Waals surface area contributed by atoms with Crippen LogP contribution in [0.1, 0.15) is 37.0 Å². The van der Waals surface area contributed by atoms with E-state index >= 15 is 0 Å². The number of phenolic OH excluding ortho intramolecular Hbond substituents is 2. The van der Waals surface area contributed by atoms with Gasteiger partial charge in [0.05, 0.1) is 5.56 Å². The Labute approximate surface area is 125 Å². The van der Waals surface area contributed by atoms with Crippen LogP contribution in [0.15, 0.2) is 18.2 Å². The molecular weight excluding hydrogens is 268 g/mol. The first-order valence-electron chi connectivity index (χ1n) is 7.61. The number of piperidine rings is 1. The molecule has 2 atom stereocenters. The van der Waals surface area contributed by atoms with E-state index in [0.29, 0.717) is 25.0 Å². The Morgan fingerprint density at radius 2 is 2.14 bits per heavy atom. The van der Waals surface area contributed by atoms with Crippen LogP contribution in [0.2, 0.25) is 0 Å². The molecule has 1 aliphatic rings. The second-order valence-corrected chi connectivity index (χ2v) is 5.57. The summed E-state index contributed by atoms with van der Waals surface area (Å²) in [7, 11) is 0. The Morgan fingerprint density at radius 1 is 1.38 bits per heavy atom. The summed E-state index contributed by atoms with van der Waals surface area (Å²) in [6.45, 7) is 6.51. The van der Waals surface area contributed by atoms with Crippen LogP contribution in [0.25, 0.3) is 0 Å². The van der Waals surface area contributed by atoms with E-state index in [-0.39, 0.29) is 23.0 Å². The summed E-state index contributed by atoms with van der Waals surface area (Å²) in [5.74, 6) is 0.115. The highest BCUT2D eigenvalue weighted by Gasteiger charge is 2.31. The van der Waals surface area contributed by atoms with E-state index in [1.165, 1.54) is 18.2 Å². The number of carbonyl (C=O) groups is 1. The van der Waals surface area contributed by atoms with Gasteiger partial charge in [0.15, 0.2) is 0 Å². The minimum atomic E-state index is -0.211. The smallest absolute Gasteiger partial charge is 0.257 e. The van der Waals surface area contributed by atoms with E-state index in [4.69, 9.17) is 0 Å². The van der Waals surface area contributed by atoms with Crippen LogP contribution >= 0.6 is 0 Å². The van der Waals surface area contributed by atoms with E-state index in [2.05, 4.69) is 19.2 Å². The van der Waals surface area contributed by atoms with Crippen molar-refractivity contribution in [2.45, 2.75) is 32.7 Å². The Morgan fingerprint density at radius 3 is 2.81 bits per heavy atom. The SMILES string of the molecule is CCNC1CCN(C(=O)c2cc(O)ccc2O)CC1CC. The van der Waals surface area contributed by atoms with Crippen molar-refractivity contribution >= 4 is 5.91 Å². The summed E-state index contributed by atoms with van der Waals surface area (Å²) in [6, 6.07) is 4.50. The minimum Gasteiger partial charge on any atom is -0.508 e. The lowest BCUT2D eigenvalue weighted by molar-refractivity contribution is 0.0624. The van der Waals surface area contributed by atoms with Crippen molar-refractivity contribution in [2.24, 2.45) is 5.92 Å². The highest BCUT2D eigenvalue weighted by Crippen LogP contribution is 2.27. The number of nitrogens with one attached hydrogen (secondary N) is 1. The molecule has 1 amide bonds. The molecule has 1 aliphatic heterocycles. The summed E-state index contributed by atoms with van der Waals surface area (Å²) >= 11 is 0. The molecule has 0 radical (unpaired) electrons. The van der Waals surface area contributed by atoms with Crippen molar-refractivity contribution < 1.29 is 15.0 Å². The number of amides is 1. The van der Waals surface area contributed by atoms with Crippen molar-refractivity contribution in [3.63, 3.8) is 0 Å². The fourth-order valence-corrected chi connectivity index (χ4v) is 3.03. The van der Waals surface area contributed by atoms with E-state index in [1.807, 2.05) is 0 Å². The molecule has 116 valence electrons. The lowest BCUT2D eigenvalue weighted by atomic mass is 9.89. The lowest BCUT2D eigenvalue weighted by Gasteiger charge is -2.38. The van der Waals surface area contributed by atoms with Gasteiger partial charge in [-0.15, -0.1) is 0 Å². The van der Waals surface area contributed by atoms with Gasteiger partial charge < -0.3 is 20.4 Å². The molecular formula is C16H24N2O3. The molecule has 1 aromatic carbocycles. The Bertz CT molecular complexity index is 504. The third-order valence-corrected chi connectivity index (χ3v) is 4.22. The Hall–Kier alpha value is -1.75. The van der Waals surface area contributed by atoms with Gasteiger partial charge in [0.1, 0.15) is 11.5 Å². The first-order chi connectivity index (χ1) is 10.1. The number of rotatable bonds is 4. The zero-order chi connectivity index (χ0) is 15.4. The van der Waals surface area contributed by atoms with Crippen LogP contribution in [-0.2, 0) is 0 Å². The molecule has 1 heterocycles. The number of aromatic hydroxyl groups is 2. The molecule has 0 spiro atoms. The first kappa shape index (κ1) is 15.6. The summed E-state index contributed by atoms with van der Waals surface area (Å²) in [4.78, 5) is 14.3. The molecule has 0 saturated carbocycles. The van der Waals surface area contributed by atoms with Crippen molar-refractivity contribution in [2.75, 3.05) is 19.6 Å². The third kappa shape index (κ3) is 3.47. The van der Waals surface area contributed by atoms with Gasteiger partial charge in [-0.05, 0) is 37.1 Å². The predicted molar refractivity (Wildman–Crippen MR) is 81.5 cm³/mol. The molecule has 5 nitrogen and oxygen atoms in total. The van der Waals surface area contributed by atoms with Gasteiger partial charge in [0.2, 0.25) is 0 Å². The van der Waals surface area contributed by atoms with Gasteiger partial charge in [-0.2, -0.15) is 0 Å². The maximum atomic E-state index is 12.5. The molecule has 21 heavy (non-hydrogen) atoms. The molecule has 1 saturated heterocycles. The summed E-state index contributed by atoms with van der Waals surface area (Å²) in [5, 5.41) is 22.8. The zero-order valence-electron chi connectivity index (χ0n) is 12.7. The van der Waals surface area contributed by atoms with Crippen LogP contribution in [0.4, 0.5) is 0 Å². The number of hydrogen-bond acceptors (Lipinski definition) is 4. The molecule has 0 bridgehead atoms. The van der Waals surface area contributed by atoms with Gasteiger partial charge in [0.25, 0.3) is 5.91 Å². The quantitative estimate of drug-likeness (QED) is 0.742. The fraction of sp³-hybridized carbons (Fsp3) is 0.562. The Balaban J connectivity index is 2.12. The van der Waals surface area contributed by atoms with Crippen molar-refractivity contribution in [3.05, 3.63) is 23.8 Å². The fourth-order valence-electron chi connectivity index (χ4n) is 3.03. The van der Waals surface area contributed by atoms with Crippen LogP contribution in [0, 0.1) is 5.92 Å². The van der Waals surface area contributed by atoms with Crippen molar-refractivity contribution in [1.82, 2.24) is 10.2 Å². The number of likely N-dealkylation sites (tertiary alicyclic amines) is 1. The molecule has 0 aliphatic carbocycles. The molecule has 3 N–H and O–H groups in total. The first-order valence-corrected chi connectivity index (χ1v) is 7.61. The molecule has 1 fully saturated rings. The number of hydrogen-bond donors (Lipinski definition) is 3. The van der Waals surface area contributed by atoms with Gasteiger partial charge in [-0.1, -0.05) is 20.3 Å². The standard InChI is InChI=1S/C16H24N2O3/c1-3-11-10-18(8-7-14(11)17-4-2)16(21)13-9-12(19)5-6-15(13)20/h5-6,9,11,14,17,19-20H,3-4,7-8,10H2,1-2H3.